The van der Waals surface area contributed by atoms with Crippen LogP contribution in [0.25, 0.3) is 0 Å². The van der Waals surface area contributed by atoms with Crippen molar-refractivity contribution in [2.75, 3.05) is 0 Å². The largest absolute Gasteiger partial charge is 0.393 e. The van der Waals surface area contributed by atoms with Gasteiger partial charge in [0.05, 0.1) is 11.7 Å². The molecular weight excluding hydrogens is 368 g/mol. The van der Waals surface area contributed by atoms with E-state index in [0.29, 0.717) is 23.2 Å². The Balaban J connectivity index is 1.76. The number of hydrogen-bond donors (Lipinski definition) is 2. The van der Waals surface area contributed by atoms with Gasteiger partial charge in [-0.1, -0.05) is 69.7 Å². The van der Waals surface area contributed by atoms with Crippen LogP contribution in [-0.4, -0.2) is 21.9 Å². The Labute approximate surface area is 184 Å². The van der Waals surface area contributed by atoms with Crippen LogP contribution in [0.4, 0.5) is 0 Å². The predicted octanol–water partition coefficient (Wildman–Crippen LogP) is 6.76. The summed E-state index contributed by atoms with van der Waals surface area (Å²) in [5.74, 6) is 2.04. The SMILES string of the molecule is C=C1CC[C@H](O)C/C1=C\C=C1/CCC[C@@]2(C)C1CCC2[C@H](C)/C=C/[C@@](C)(O)C(C)C. The Bertz CT molecular complexity index is 723. The molecule has 0 radical (unpaired) electrons. The molecule has 3 aliphatic rings. The van der Waals surface area contributed by atoms with Gasteiger partial charge in [-0.3, -0.25) is 0 Å². The molecule has 0 aromatic carbocycles. The van der Waals surface area contributed by atoms with Gasteiger partial charge < -0.3 is 10.2 Å². The van der Waals surface area contributed by atoms with Crippen molar-refractivity contribution in [3.05, 3.63) is 47.6 Å². The first kappa shape index (κ1) is 23.5. The first-order valence-electron chi connectivity index (χ1n) is 12.2. The normalized spacial score (nSPS) is 38.4. The van der Waals surface area contributed by atoms with Gasteiger partial charge in [-0.25, -0.2) is 0 Å². The summed E-state index contributed by atoms with van der Waals surface area (Å²) in [4.78, 5) is 0. The average Bonchev–Trinajstić information content (AvgIpc) is 3.04. The predicted molar refractivity (Wildman–Crippen MR) is 127 cm³/mol. The van der Waals surface area contributed by atoms with Gasteiger partial charge >= 0.3 is 0 Å². The summed E-state index contributed by atoms with van der Waals surface area (Å²) in [6, 6.07) is 0. The summed E-state index contributed by atoms with van der Waals surface area (Å²) in [6.07, 6.45) is 17.6. The molecule has 3 aliphatic carbocycles. The van der Waals surface area contributed by atoms with E-state index in [2.05, 4.69) is 52.5 Å². The number of allylic oxidation sites excluding steroid dienone is 5. The summed E-state index contributed by atoms with van der Waals surface area (Å²) in [5, 5.41) is 20.7. The molecule has 0 saturated heterocycles. The van der Waals surface area contributed by atoms with E-state index >= 15 is 0 Å². The lowest BCUT2D eigenvalue weighted by molar-refractivity contribution is 0.0607. The molecule has 0 aliphatic heterocycles. The maximum absolute atomic E-state index is 10.6. The fourth-order valence-electron chi connectivity index (χ4n) is 6.21. The third-order valence-corrected chi connectivity index (χ3v) is 8.77. The van der Waals surface area contributed by atoms with Crippen LogP contribution in [0.2, 0.25) is 0 Å². The molecule has 3 rings (SSSR count). The summed E-state index contributed by atoms with van der Waals surface area (Å²) < 4.78 is 0. The zero-order chi connectivity index (χ0) is 22.1. The molecule has 2 heteroatoms. The lowest BCUT2D eigenvalue weighted by Crippen LogP contribution is -2.36. The fourth-order valence-corrected chi connectivity index (χ4v) is 6.21. The van der Waals surface area contributed by atoms with E-state index in [-0.39, 0.29) is 12.0 Å². The van der Waals surface area contributed by atoms with Gasteiger partial charge in [-0.15, -0.1) is 0 Å². The standard InChI is InChI=1S/C28H44O2/c1-19(2)28(6,30)17-15-21(4)25-13-14-26-22(8-7-16-27(25,26)5)10-11-23-18-24(29)12-9-20(23)3/h10-11,15,17,19,21,24-26,29-30H,3,7-9,12-14,16,18H2,1-2,4-6H3/b17-15+,22-10+,23-11+/t21-,24+,25?,26?,27-,28-/m1/s1. The second-order valence-corrected chi connectivity index (χ2v) is 11.1. The summed E-state index contributed by atoms with van der Waals surface area (Å²) in [7, 11) is 0. The monoisotopic (exact) mass is 412 g/mol. The number of aliphatic hydroxyl groups is 2. The number of aliphatic hydroxyl groups excluding tert-OH is 1. The molecule has 0 heterocycles. The van der Waals surface area contributed by atoms with Crippen LogP contribution < -0.4 is 0 Å². The van der Waals surface area contributed by atoms with E-state index in [1.54, 1.807) is 5.57 Å². The Hall–Kier alpha value is -1.12. The van der Waals surface area contributed by atoms with Gasteiger partial charge in [0.15, 0.2) is 0 Å². The maximum Gasteiger partial charge on any atom is 0.0822 e. The molecule has 0 aromatic heterocycles. The fraction of sp³-hybridized carbons (Fsp3) is 0.714. The summed E-state index contributed by atoms with van der Waals surface area (Å²) in [5.41, 5.74) is 3.67. The Morgan fingerprint density at radius 2 is 1.87 bits per heavy atom. The van der Waals surface area contributed by atoms with Crippen LogP contribution in [-0.2, 0) is 0 Å². The molecule has 2 N–H and O–H groups in total. The van der Waals surface area contributed by atoms with Crippen LogP contribution in [0.3, 0.4) is 0 Å². The first-order valence-corrected chi connectivity index (χ1v) is 12.2. The van der Waals surface area contributed by atoms with Crippen molar-refractivity contribution in [2.24, 2.45) is 29.1 Å². The van der Waals surface area contributed by atoms with E-state index in [0.717, 1.165) is 19.3 Å². The van der Waals surface area contributed by atoms with E-state index in [9.17, 15) is 10.2 Å². The summed E-state index contributed by atoms with van der Waals surface area (Å²) in [6.45, 7) is 15.2. The quantitative estimate of drug-likeness (QED) is 0.490. The Morgan fingerprint density at radius 3 is 2.57 bits per heavy atom. The van der Waals surface area contributed by atoms with Crippen LogP contribution in [0.15, 0.2) is 47.6 Å². The molecule has 0 spiro atoms. The Kier molecular flexibility index (Phi) is 7.19. The lowest BCUT2D eigenvalue weighted by atomic mass is 9.61. The molecule has 0 aromatic rings. The summed E-state index contributed by atoms with van der Waals surface area (Å²) >= 11 is 0. The highest BCUT2D eigenvalue weighted by Gasteiger charge is 2.50. The lowest BCUT2D eigenvalue weighted by Gasteiger charge is -2.44. The van der Waals surface area contributed by atoms with E-state index < -0.39 is 5.60 Å². The highest BCUT2D eigenvalue weighted by atomic mass is 16.3. The molecule has 6 atom stereocenters. The molecule has 30 heavy (non-hydrogen) atoms. The molecular formula is C28H44O2. The van der Waals surface area contributed by atoms with Gasteiger partial charge in [0.25, 0.3) is 0 Å². The number of fused-ring (bicyclic) bond motifs is 1. The molecule has 0 amide bonds. The van der Waals surface area contributed by atoms with Crippen molar-refractivity contribution >= 4 is 0 Å². The van der Waals surface area contributed by atoms with Crippen LogP contribution in [0, 0.1) is 29.1 Å². The van der Waals surface area contributed by atoms with Gasteiger partial charge in [0, 0.05) is 0 Å². The molecule has 2 nitrogen and oxygen atoms in total. The zero-order valence-corrected chi connectivity index (χ0v) is 20.0. The molecule has 2 unspecified atom stereocenters. The van der Waals surface area contributed by atoms with Crippen molar-refractivity contribution in [3.63, 3.8) is 0 Å². The molecule has 3 saturated carbocycles. The van der Waals surface area contributed by atoms with Crippen molar-refractivity contribution in [2.45, 2.75) is 97.7 Å². The average molecular weight is 413 g/mol. The topological polar surface area (TPSA) is 40.5 Å². The smallest absolute Gasteiger partial charge is 0.0822 e. The van der Waals surface area contributed by atoms with Crippen LogP contribution in [0.1, 0.15) is 86.0 Å². The van der Waals surface area contributed by atoms with Crippen molar-refractivity contribution in [1.82, 2.24) is 0 Å². The Morgan fingerprint density at radius 1 is 1.13 bits per heavy atom. The van der Waals surface area contributed by atoms with Crippen molar-refractivity contribution in [3.8, 4) is 0 Å². The minimum Gasteiger partial charge on any atom is -0.393 e. The zero-order valence-electron chi connectivity index (χ0n) is 20.0. The minimum absolute atomic E-state index is 0.205. The first-order chi connectivity index (χ1) is 14.0. The van der Waals surface area contributed by atoms with E-state index in [4.69, 9.17) is 0 Å². The molecule has 3 fully saturated rings. The third-order valence-electron chi connectivity index (χ3n) is 8.77. The van der Waals surface area contributed by atoms with Crippen molar-refractivity contribution < 1.29 is 10.2 Å². The number of hydrogen-bond acceptors (Lipinski definition) is 2. The van der Waals surface area contributed by atoms with Crippen LogP contribution in [0.5, 0.6) is 0 Å². The van der Waals surface area contributed by atoms with Gasteiger partial charge in [-0.05, 0) is 93.0 Å². The van der Waals surface area contributed by atoms with Gasteiger partial charge in [0.1, 0.15) is 0 Å². The highest BCUT2D eigenvalue weighted by Crippen LogP contribution is 2.59. The van der Waals surface area contributed by atoms with Gasteiger partial charge in [0.2, 0.25) is 0 Å². The van der Waals surface area contributed by atoms with Gasteiger partial charge in [-0.2, -0.15) is 0 Å². The van der Waals surface area contributed by atoms with E-state index in [1.165, 1.54) is 43.3 Å². The molecule has 168 valence electrons. The third kappa shape index (κ3) is 4.86. The second-order valence-electron chi connectivity index (χ2n) is 11.1. The maximum atomic E-state index is 10.6. The highest BCUT2D eigenvalue weighted by molar-refractivity contribution is 5.36. The van der Waals surface area contributed by atoms with Crippen molar-refractivity contribution in [1.29, 1.82) is 0 Å². The van der Waals surface area contributed by atoms with E-state index in [1.807, 2.05) is 13.0 Å². The number of rotatable bonds is 5. The van der Waals surface area contributed by atoms with Crippen LogP contribution >= 0.6 is 0 Å². The second kappa shape index (κ2) is 9.17. The minimum atomic E-state index is -0.732. The molecule has 0 bridgehead atoms.